The summed E-state index contributed by atoms with van der Waals surface area (Å²) in [5.74, 6) is 0.431. The van der Waals surface area contributed by atoms with Crippen LogP contribution in [0.2, 0.25) is 0 Å². The Bertz CT molecular complexity index is 1610. The molecule has 5 rings (SSSR count). The highest BCUT2D eigenvalue weighted by molar-refractivity contribution is 7.93. The first-order chi connectivity index (χ1) is 15.3. The Balaban J connectivity index is 1.52. The van der Waals surface area contributed by atoms with E-state index in [-0.39, 0.29) is 25.9 Å². The summed E-state index contributed by atoms with van der Waals surface area (Å²) in [6.45, 7) is 0. The van der Waals surface area contributed by atoms with E-state index in [1.807, 2.05) is 24.3 Å². The number of thiazole rings is 1. The number of nitrogens with one attached hydrogen (secondary N) is 2. The fraction of sp³-hybridized carbons (Fsp3) is 0. The van der Waals surface area contributed by atoms with Gasteiger partial charge in [0.25, 0.3) is 5.69 Å². The van der Waals surface area contributed by atoms with Gasteiger partial charge >= 0.3 is 0 Å². The third-order valence-electron chi connectivity index (χ3n) is 4.71. The summed E-state index contributed by atoms with van der Waals surface area (Å²) in [5.41, 5.74) is 7.04. The molecule has 2 aromatic carbocycles. The predicted octanol–water partition coefficient (Wildman–Crippen LogP) is 3.63. The summed E-state index contributed by atoms with van der Waals surface area (Å²) in [6.07, 6.45) is 1.22. The fourth-order valence-electron chi connectivity index (χ4n) is 3.26. The number of nitrogens with two attached hydrogens (primary N) is 1. The molecule has 0 aliphatic rings. The van der Waals surface area contributed by atoms with Crippen molar-refractivity contribution in [1.29, 1.82) is 0 Å². The van der Waals surface area contributed by atoms with Gasteiger partial charge in [-0.2, -0.15) is 9.97 Å². The lowest BCUT2D eigenvalue weighted by Gasteiger charge is -2.05. The number of aromatic nitrogens is 4. The number of hydrogen-bond donors (Lipinski definition) is 3. The van der Waals surface area contributed by atoms with Gasteiger partial charge in [-0.15, -0.1) is 0 Å². The van der Waals surface area contributed by atoms with Crippen LogP contribution in [-0.2, 0) is 9.84 Å². The minimum Gasteiger partial charge on any atom is -0.368 e. The summed E-state index contributed by atoms with van der Waals surface area (Å²) in [7, 11) is -3.90. The summed E-state index contributed by atoms with van der Waals surface area (Å²) >= 11 is 0.907. The largest absolute Gasteiger partial charge is 0.368 e. The molecule has 32 heavy (non-hydrogen) atoms. The number of H-pyrrole nitrogens is 1. The average molecular weight is 467 g/mol. The molecule has 160 valence electrons. The first kappa shape index (κ1) is 19.8. The van der Waals surface area contributed by atoms with Crippen LogP contribution in [0.25, 0.3) is 21.9 Å². The highest BCUT2D eigenvalue weighted by Crippen LogP contribution is 2.34. The number of anilines is 3. The van der Waals surface area contributed by atoms with Gasteiger partial charge in [0.2, 0.25) is 15.8 Å². The lowest BCUT2D eigenvalue weighted by Crippen LogP contribution is -2.00. The maximum Gasteiger partial charge on any atom is 0.269 e. The number of nitro benzene ring substituents is 1. The zero-order valence-electron chi connectivity index (χ0n) is 16.0. The second kappa shape index (κ2) is 7.25. The maximum atomic E-state index is 12.9. The van der Waals surface area contributed by atoms with Crippen LogP contribution >= 0.6 is 11.3 Å². The number of sulfone groups is 1. The van der Waals surface area contributed by atoms with Crippen molar-refractivity contribution in [2.45, 2.75) is 9.10 Å². The molecule has 0 aliphatic carbocycles. The van der Waals surface area contributed by atoms with Gasteiger partial charge in [-0.25, -0.2) is 13.4 Å². The molecule has 0 bridgehead atoms. The number of fused-ring (bicyclic) bond motifs is 3. The number of aromatic amines is 1. The molecule has 13 heteroatoms. The molecule has 0 saturated heterocycles. The third-order valence-corrected chi connectivity index (χ3v) is 7.85. The van der Waals surface area contributed by atoms with Crippen molar-refractivity contribution in [3.8, 4) is 0 Å². The molecule has 4 N–H and O–H groups in total. The van der Waals surface area contributed by atoms with Gasteiger partial charge < -0.3 is 16.0 Å². The van der Waals surface area contributed by atoms with Crippen molar-refractivity contribution >= 4 is 65.7 Å². The molecule has 3 aromatic heterocycles. The second-order valence-corrected chi connectivity index (χ2v) is 9.90. The molecule has 5 aromatic rings. The van der Waals surface area contributed by atoms with Crippen LogP contribution in [0.1, 0.15) is 0 Å². The Hall–Kier alpha value is -4.10. The van der Waals surface area contributed by atoms with E-state index in [0.29, 0.717) is 16.9 Å². The minimum absolute atomic E-state index is 0.0222. The number of rotatable bonds is 5. The SMILES string of the molecule is Nc1nc(Nc2ncc(S(=O)(=O)c3ccc([N+](=O)[O-])cc3)s2)c2c(n1)[nH]c1ccccc12. The lowest BCUT2D eigenvalue weighted by atomic mass is 10.2. The molecule has 0 amide bonds. The molecule has 0 spiro atoms. The standard InChI is InChI=1S/C19H13N7O4S2/c20-18-23-16-15(12-3-1-2-4-13(12)22-16)17(24-18)25-19-21-9-14(31-19)32(29,30)11-7-5-10(6-8-11)26(27)28/h1-9H,(H4,20,21,22,23,24,25). The topological polar surface area (TPSA) is 170 Å². The Morgan fingerprint density at radius 1 is 1.09 bits per heavy atom. The highest BCUT2D eigenvalue weighted by atomic mass is 32.2. The highest BCUT2D eigenvalue weighted by Gasteiger charge is 2.23. The average Bonchev–Trinajstić information content (AvgIpc) is 3.38. The van der Waals surface area contributed by atoms with Crippen LogP contribution in [0.4, 0.5) is 22.6 Å². The minimum atomic E-state index is -3.90. The number of non-ortho nitro benzene ring substituents is 1. The summed E-state index contributed by atoms with van der Waals surface area (Å²) in [4.78, 5) is 26.0. The van der Waals surface area contributed by atoms with Crippen LogP contribution < -0.4 is 11.1 Å². The molecule has 11 nitrogen and oxygen atoms in total. The van der Waals surface area contributed by atoms with Crippen LogP contribution in [0, 0.1) is 10.1 Å². The van der Waals surface area contributed by atoms with E-state index >= 15 is 0 Å². The van der Waals surface area contributed by atoms with Crippen molar-refractivity contribution in [1.82, 2.24) is 19.9 Å². The zero-order chi connectivity index (χ0) is 22.5. The third kappa shape index (κ3) is 3.29. The van der Waals surface area contributed by atoms with E-state index in [0.717, 1.165) is 34.4 Å². The van der Waals surface area contributed by atoms with E-state index in [1.165, 1.54) is 18.3 Å². The number of benzene rings is 2. The Labute approximate surface area is 184 Å². The normalized spacial score (nSPS) is 11.8. The van der Waals surface area contributed by atoms with Crippen LogP contribution in [0.3, 0.4) is 0 Å². The van der Waals surface area contributed by atoms with Gasteiger partial charge in [0.05, 0.1) is 21.4 Å². The van der Waals surface area contributed by atoms with Gasteiger partial charge in [-0.05, 0) is 18.2 Å². The first-order valence-electron chi connectivity index (χ1n) is 9.09. The monoisotopic (exact) mass is 467 g/mol. The van der Waals surface area contributed by atoms with Gasteiger partial charge in [-0.3, -0.25) is 10.1 Å². The summed E-state index contributed by atoms with van der Waals surface area (Å²) in [5, 5.41) is 15.7. The van der Waals surface area contributed by atoms with Crippen molar-refractivity contribution in [3.05, 3.63) is 64.8 Å². The van der Waals surface area contributed by atoms with Crippen molar-refractivity contribution in [2.75, 3.05) is 11.1 Å². The maximum absolute atomic E-state index is 12.9. The van der Waals surface area contributed by atoms with Gasteiger partial charge in [-0.1, -0.05) is 29.5 Å². The van der Waals surface area contributed by atoms with Crippen LogP contribution in [0.15, 0.2) is 63.8 Å². The smallest absolute Gasteiger partial charge is 0.269 e. The quantitative estimate of drug-likeness (QED) is 0.258. The van der Waals surface area contributed by atoms with Gasteiger partial charge in [0.15, 0.2) is 5.13 Å². The van der Waals surface area contributed by atoms with Gasteiger partial charge in [0, 0.05) is 23.0 Å². The number of hydrogen-bond acceptors (Lipinski definition) is 10. The van der Waals surface area contributed by atoms with E-state index in [1.54, 1.807) is 0 Å². The number of nitrogen functional groups attached to an aromatic ring is 1. The summed E-state index contributed by atoms with van der Waals surface area (Å²) in [6, 6.07) is 12.3. The lowest BCUT2D eigenvalue weighted by molar-refractivity contribution is -0.384. The molecule has 0 atom stereocenters. The van der Waals surface area contributed by atoms with Crippen molar-refractivity contribution < 1.29 is 13.3 Å². The van der Waals surface area contributed by atoms with E-state index < -0.39 is 14.8 Å². The van der Waals surface area contributed by atoms with E-state index in [2.05, 4.69) is 25.3 Å². The van der Waals surface area contributed by atoms with Crippen molar-refractivity contribution in [3.63, 3.8) is 0 Å². The molecule has 3 heterocycles. The zero-order valence-corrected chi connectivity index (χ0v) is 17.6. The van der Waals surface area contributed by atoms with E-state index in [9.17, 15) is 18.5 Å². The number of para-hydroxylation sites is 1. The van der Waals surface area contributed by atoms with Gasteiger partial charge in [0.1, 0.15) is 15.7 Å². The molecule has 0 radical (unpaired) electrons. The molecule has 0 aliphatic heterocycles. The predicted molar refractivity (Wildman–Crippen MR) is 120 cm³/mol. The Morgan fingerprint density at radius 2 is 1.84 bits per heavy atom. The Kier molecular flexibility index (Phi) is 4.49. The molecule has 0 unspecified atom stereocenters. The van der Waals surface area contributed by atoms with Crippen LogP contribution in [0.5, 0.6) is 0 Å². The molecule has 0 fully saturated rings. The molecular formula is C19H13N7O4S2. The van der Waals surface area contributed by atoms with Crippen molar-refractivity contribution in [2.24, 2.45) is 0 Å². The molecular weight excluding hydrogens is 454 g/mol. The van der Waals surface area contributed by atoms with Crippen LogP contribution in [-0.4, -0.2) is 33.3 Å². The Morgan fingerprint density at radius 3 is 2.59 bits per heavy atom. The molecule has 0 saturated carbocycles. The van der Waals surface area contributed by atoms with E-state index in [4.69, 9.17) is 5.73 Å². The summed E-state index contributed by atoms with van der Waals surface area (Å²) < 4.78 is 25.8. The second-order valence-electron chi connectivity index (χ2n) is 6.69. The first-order valence-corrected chi connectivity index (χ1v) is 11.4. The number of nitro groups is 1. The fourth-order valence-corrected chi connectivity index (χ4v) is 5.69. The number of nitrogens with zero attached hydrogens (tertiary/aromatic N) is 4.